The van der Waals surface area contributed by atoms with Crippen LogP contribution >= 0.6 is 0 Å². The van der Waals surface area contributed by atoms with E-state index in [0.717, 1.165) is 35.5 Å². The molecule has 0 nitrogen and oxygen atoms in total. The lowest BCUT2D eigenvalue weighted by Gasteiger charge is -2.43. The normalized spacial score (nSPS) is 39.0. The van der Waals surface area contributed by atoms with Crippen molar-refractivity contribution in [3.05, 3.63) is 12.2 Å². The van der Waals surface area contributed by atoms with Gasteiger partial charge < -0.3 is 0 Å². The molecular formula is C20H32. The SMILES string of the molecule is C1=CC2CC1CC2C(C1CCCCC1)C1CCCCC1. The van der Waals surface area contributed by atoms with Crippen molar-refractivity contribution in [2.24, 2.45) is 35.5 Å². The summed E-state index contributed by atoms with van der Waals surface area (Å²) in [5.74, 6) is 6.34. The van der Waals surface area contributed by atoms with E-state index in [-0.39, 0.29) is 0 Å². The summed E-state index contributed by atoms with van der Waals surface area (Å²) >= 11 is 0. The largest absolute Gasteiger partial charge is 0.0851 e. The van der Waals surface area contributed by atoms with E-state index in [1.54, 1.807) is 32.1 Å². The van der Waals surface area contributed by atoms with Crippen molar-refractivity contribution < 1.29 is 0 Å². The van der Waals surface area contributed by atoms with Crippen LogP contribution < -0.4 is 0 Å². The first-order valence-electron chi connectivity index (χ1n) is 9.60. The van der Waals surface area contributed by atoms with Gasteiger partial charge in [-0.3, -0.25) is 0 Å². The number of rotatable bonds is 3. The fourth-order valence-corrected chi connectivity index (χ4v) is 6.39. The van der Waals surface area contributed by atoms with Crippen LogP contribution in [0.5, 0.6) is 0 Å². The van der Waals surface area contributed by atoms with Crippen LogP contribution in [0.2, 0.25) is 0 Å². The second-order valence-electron chi connectivity index (χ2n) is 8.32. The molecule has 3 atom stereocenters. The van der Waals surface area contributed by atoms with Gasteiger partial charge in [0.05, 0.1) is 0 Å². The molecule has 0 spiro atoms. The number of allylic oxidation sites excluding steroid dienone is 2. The molecule has 0 heterocycles. The molecule has 4 rings (SSSR count). The summed E-state index contributed by atoms with van der Waals surface area (Å²) in [5.41, 5.74) is 0. The Morgan fingerprint density at radius 1 is 0.650 bits per heavy atom. The zero-order chi connectivity index (χ0) is 13.4. The Bertz CT molecular complexity index is 325. The van der Waals surface area contributed by atoms with E-state index >= 15 is 0 Å². The maximum absolute atomic E-state index is 2.61. The van der Waals surface area contributed by atoms with E-state index in [0.29, 0.717) is 0 Å². The Hall–Kier alpha value is -0.260. The predicted octanol–water partition coefficient (Wildman–Crippen LogP) is 5.98. The number of hydrogen-bond acceptors (Lipinski definition) is 0. The Morgan fingerprint density at radius 2 is 1.25 bits per heavy atom. The van der Waals surface area contributed by atoms with Crippen LogP contribution in [0.25, 0.3) is 0 Å². The summed E-state index contributed by atoms with van der Waals surface area (Å²) in [6.45, 7) is 0. The molecule has 0 amide bonds. The van der Waals surface area contributed by atoms with E-state index < -0.39 is 0 Å². The summed E-state index contributed by atoms with van der Waals surface area (Å²) in [4.78, 5) is 0. The van der Waals surface area contributed by atoms with Gasteiger partial charge >= 0.3 is 0 Å². The van der Waals surface area contributed by atoms with E-state index in [1.807, 2.05) is 0 Å². The molecule has 0 saturated heterocycles. The van der Waals surface area contributed by atoms with Gasteiger partial charge in [-0.1, -0.05) is 76.4 Å². The van der Waals surface area contributed by atoms with Gasteiger partial charge in [0.1, 0.15) is 0 Å². The van der Waals surface area contributed by atoms with Crippen LogP contribution in [0.1, 0.15) is 77.0 Å². The smallest absolute Gasteiger partial charge is 0.0196 e. The van der Waals surface area contributed by atoms with Crippen molar-refractivity contribution in [1.29, 1.82) is 0 Å². The van der Waals surface area contributed by atoms with Gasteiger partial charge in [0, 0.05) is 0 Å². The molecule has 2 bridgehead atoms. The van der Waals surface area contributed by atoms with Crippen LogP contribution in [-0.2, 0) is 0 Å². The van der Waals surface area contributed by atoms with Gasteiger partial charge in [0.2, 0.25) is 0 Å². The molecule has 3 saturated carbocycles. The molecule has 0 aromatic carbocycles. The summed E-state index contributed by atoms with van der Waals surface area (Å²) in [6, 6.07) is 0. The fourth-order valence-electron chi connectivity index (χ4n) is 6.39. The molecule has 3 unspecified atom stereocenters. The van der Waals surface area contributed by atoms with Crippen molar-refractivity contribution in [3.63, 3.8) is 0 Å². The molecule has 4 aliphatic carbocycles. The summed E-state index contributed by atoms with van der Waals surface area (Å²) in [6.07, 6.45) is 23.7. The lowest BCUT2D eigenvalue weighted by Crippen LogP contribution is -2.35. The maximum Gasteiger partial charge on any atom is -0.0196 e. The topological polar surface area (TPSA) is 0 Å². The van der Waals surface area contributed by atoms with Crippen LogP contribution in [0.4, 0.5) is 0 Å². The highest BCUT2D eigenvalue weighted by molar-refractivity contribution is 5.12. The maximum atomic E-state index is 2.61. The number of fused-ring (bicyclic) bond motifs is 2. The fraction of sp³-hybridized carbons (Fsp3) is 0.900. The van der Waals surface area contributed by atoms with Crippen molar-refractivity contribution in [2.75, 3.05) is 0 Å². The van der Waals surface area contributed by atoms with Gasteiger partial charge in [-0.15, -0.1) is 0 Å². The monoisotopic (exact) mass is 272 g/mol. The average molecular weight is 272 g/mol. The van der Waals surface area contributed by atoms with Crippen molar-refractivity contribution >= 4 is 0 Å². The molecule has 0 aliphatic heterocycles. The Balaban J connectivity index is 1.53. The highest BCUT2D eigenvalue weighted by Gasteiger charge is 2.45. The Kier molecular flexibility index (Phi) is 3.92. The first-order chi connectivity index (χ1) is 9.92. The van der Waals surface area contributed by atoms with Gasteiger partial charge in [-0.05, 0) is 48.3 Å². The first-order valence-corrected chi connectivity index (χ1v) is 9.60. The molecule has 4 aliphatic rings. The van der Waals surface area contributed by atoms with Crippen LogP contribution in [0, 0.1) is 35.5 Å². The molecule has 112 valence electrons. The lowest BCUT2D eigenvalue weighted by atomic mass is 9.62. The zero-order valence-corrected chi connectivity index (χ0v) is 13.1. The van der Waals surface area contributed by atoms with E-state index in [2.05, 4.69) is 12.2 Å². The van der Waals surface area contributed by atoms with Crippen molar-refractivity contribution in [1.82, 2.24) is 0 Å². The predicted molar refractivity (Wildman–Crippen MR) is 85.5 cm³/mol. The van der Waals surface area contributed by atoms with Gasteiger partial charge in [0.25, 0.3) is 0 Å². The minimum absolute atomic E-state index is 0.972. The molecule has 0 radical (unpaired) electrons. The Labute approximate surface area is 125 Å². The first kappa shape index (κ1) is 13.4. The van der Waals surface area contributed by atoms with Gasteiger partial charge in [0.15, 0.2) is 0 Å². The molecule has 0 aromatic rings. The van der Waals surface area contributed by atoms with Gasteiger partial charge in [-0.25, -0.2) is 0 Å². The zero-order valence-electron chi connectivity index (χ0n) is 13.1. The highest BCUT2D eigenvalue weighted by Crippen LogP contribution is 2.54. The van der Waals surface area contributed by atoms with Crippen LogP contribution in [0.3, 0.4) is 0 Å². The van der Waals surface area contributed by atoms with Gasteiger partial charge in [-0.2, -0.15) is 0 Å². The standard InChI is InChI=1S/C20H32/c1-3-7-16(8-4-1)20(17-9-5-2-6-10-17)19-14-15-11-12-18(19)13-15/h11-12,15-20H,1-10,13-14H2. The van der Waals surface area contributed by atoms with E-state index in [9.17, 15) is 0 Å². The lowest BCUT2D eigenvalue weighted by molar-refractivity contribution is 0.0742. The second kappa shape index (κ2) is 5.85. The molecule has 0 N–H and O–H groups in total. The Morgan fingerprint density at radius 3 is 1.70 bits per heavy atom. The molecule has 0 heteroatoms. The quantitative estimate of drug-likeness (QED) is 0.555. The molecular weight excluding hydrogens is 240 g/mol. The minimum Gasteiger partial charge on any atom is -0.0851 e. The third-order valence-electron chi connectivity index (χ3n) is 7.21. The van der Waals surface area contributed by atoms with E-state index in [1.165, 1.54) is 44.9 Å². The summed E-state index contributed by atoms with van der Waals surface area (Å²) < 4.78 is 0. The van der Waals surface area contributed by atoms with E-state index in [4.69, 9.17) is 0 Å². The molecule has 0 aromatic heterocycles. The second-order valence-corrected chi connectivity index (χ2v) is 8.32. The molecule has 3 fully saturated rings. The molecule has 20 heavy (non-hydrogen) atoms. The van der Waals surface area contributed by atoms with Crippen molar-refractivity contribution in [3.8, 4) is 0 Å². The third-order valence-corrected chi connectivity index (χ3v) is 7.21. The highest BCUT2D eigenvalue weighted by atomic mass is 14.5. The third kappa shape index (κ3) is 2.48. The van der Waals surface area contributed by atoms with Crippen LogP contribution in [-0.4, -0.2) is 0 Å². The average Bonchev–Trinajstić information content (AvgIpc) is 3.13. The van der Waals surface area contributed by atoms with Crippen LogP contribution in [0.15, 0.2) is 12.2 Å². The van der Waals surface area contributed by atoms with Crippen molar-refractivity contribution in [2.45, 2.75) is 77.0 Å². The summed E-state index contributed by atoms with van der Waals surface area (Å²) in [5, 5.41) is 0. The summed E-state index contributed by atoms with van der Waals surface area (Å²) in [7, 11) is 0. The number of hydrogen-bond donors (Lipinski definition) is 0. The minimum atomic E-state index is 0.972.